The van der Waals surface area contributed by atoms with Gasteiger partial charge < -0.3 is 14.8 Å². The number of esters is 1. The van der Waals surface area contributed by atoms with Gasteiger partial charge in [-0.3, -0.25) is 0 Å². The molecule has 0 aliphatic heterocycles. The largest absolute Gasteiger partial charge is 0.467 e. The molecular weight excluding hydrogens is 342 g/mol. The Kier molecular flexibility index (Phi) is 6.61. The molecule has 0 spiro atoms. The topological polar surface area (TPSA) is 64.6 Å². The van der Waals surface area contributed by atoms with Crippen molar-refractivity contribution in [1.82, 2.24) is 5.32 Å². The maximum absolute atomic E-state index is 12.0. The van der Waals surface area contributed by atoms with E-state index in [1.54, 1.807) is 20.8 Å². The van der Waals surface area contributed by atoms with Crippen LogP contribution < -0.4 is 5.32 Å². The van der Waals surface area contributed by atoms with Gasteiger partial charge in [-0.1, -0.05) is 54.1 Å². The average molecular weight is 369 g/mol. The van der Waals surface area contributed by atoms with Crippen LogP contribution in [0.5, 0.6) is 0 Å². The third-order valence-electron chi connectivity index (χ3n) is 3.96. The van der Waals surface area contributed by atoms with Crippen LogP contribution in [0.25, 0.3) is 11.1 Å². The van der Waals surface area contributed by atoms with Crippen LogP contribution in [0.15, 0.2) is 48.5 Å². The summed E-state index contributed by atoms with van der Waals surface area (Å²) in [5.74, 6) is -0.511. The van der Waals surface area contributed by atoms with Gasteiger partial charge in [0.25, 0.3) is 0 Å². The molecule has 0 fully saturated rings. The lowest BCUT2D eigenvalue weighted by Crippen LogP contribution is -2.45. The molecule has 0 heterocycles. The molecular formula is C22H27NO4. The summed E-state index contributed by atoms with van der Waals surface area (Å²) in [6.07, 6.45) is -0.325. The highest BCUT2D eigenvalue weighted by Gasteiger charge is 2.25. The summed E-state index contributed by atoms with van der Waals surface area (Å²) in [4.78, 5) is 24.1. The second-order valence-electron chi connectivity index (χ2n) is 7.49. The van der Waals surface area contributed by atoms with Crippen molar-refractivity contribution >= 4 is 12.1 Å². The first-order chi connectivity index (χ1) is 12.7. The van der Waals surface area contributed by atoms with Gasteiger partial charge in [0.15, 0.2) is 0 Å². The van der Waals surface area contributed by atoms with E-state index in [0.29, 0.717) is 6.42 Å². The van der Waals surface area contributed by atoms with E-state index in [1.165, 1.54) is 12.7 Å². The van der Waals surface area contributed by atoms with Crippen LogP contribution in [0, 0.1) is 6.92 Å². The van der Waals surface area contributed by atoms with Gasteiger partial charge in [-0.2, -0.15) is 0 Å². The summed E-state index contributed by atoms with van der Waals surface area (Å²) in [7, 11) is 1.30. The molecule has 1 amide bonds. The lowest BCUT2D eigenvalue weighted by atomic mass is 10.00. The minimum Gasteiger partial charge on any atom is -0.467 e. The zero-order valence-electron chi connectivity index (χ0n) is 16.5. The van der Waals surface area contributed by atoms with E-state index in [2.05, 4.69) is 36.5 Å². The number of carbonyl (C=O) groups excluding carboxylic acids is 2. The van der Waals surface area contributed by atoms with Crippen molar-refractivity contribution in [2.24, 2.45) is 0 Å². The van der Waals surface area contributed by atoms with E-state index in [9.17, 15) is 9.59 Å². The number of carbonyl (C=O) groups is 2. The molecule has 0 aromatic heterocycles. The number of hydrogen-bond acceptors (Lipinski definition) is 4. The normalized spacial score (nSPS) is 12.2. The van der Waals surface area contributed by atoms with Gasteiger partial charge >= 0.3 is 12.1 Å². The van der Waals surface area contributed by atoms with Gasteiger partial charge in [-0.25, -0.2) is 9.59 Å². The molecule has 0 unspecified atom stereocenters. The van der Waals surface area contributed by atoms with Crippen LogP contribution in [0.1, 0.15) is 31.9 Å². The van der Waals surface area contributed by atoms with Crippen molar-refractivity contribution in [3.05, 3.63) is 59.7 Å². The first kappa shape index (κ1) is 20.5. The monoisotopic (exact) mass is 369 g/mol. The molecule has 27 heavy (non-hydrogen) atoms. The number of nitrogens with one attached hydrogen (secondary N) is 1. The van der Waals surface area contributed by atoms with Crippen LogP contribution in [0.2, 0.25) is 0 Å². The van der Waals surface area contributed by atoms with Gasteiger partial charge in [0.05, 0.1) is 7.11 Å². The van der Waals surface area contributed by atoms with Crippen molar-refractivity contribution < 1.29 is 19.1 Å². The predicted molar refractivity (Wildman–Crippen MR) is 105 cm³/mol. The van der Waals surface area contributed by atoms with E-state index in [-0.39, 0.29) is 0 Å². The molecule has 2 aromatic carbocycles. The van der Waals surface area contributed by atoms with Crippen LogP contribution in [0.4, 0.5) is 4.79 Å². The predicted octanol–water partition coefficient (Wildman–Crippen LogP) is 4.27. The number of rotatable bonds is 5. The second-order valence-corrected chi connectivity index (χ2v) is 7.49. The maximum Gasteiger partial charge on any atom is 0.408 e. The number of hydrogen-bond donors (Lipinski definition) is 1. The number of amides is 1. The van der Waals surface area contributed by atoms with Crippen LogP contribution in [0.3, 0.4) is 0 Å². The highest BCUT2D eigenvalue weighted by molar-refractivity contribution is 5.81. The summed E-state index contributed by atoms with van der Waals surface area (Å²) in [5, 5.41) is 2.59. The molecule has 1 atom stereocenters. The molecule has 0 aliphatic rings. The van der Waals surface area contributed by atoms with Gasteiger partial charge in [-0.15, -0.1) is 0 Å². The molecule has 5 heteroatoms. The maximum atomic E-state index is 12.0. The van der Waals surface area contributed by atoms with Crippen molar-refractivity contribution in [1.29, 1.82) is 0 Å². The Morgan fingerprint density at radius 1 is 0.963 bits per heavy atom. The minimum absolute atomic E-state index is 0.320. The molecule has 1 N–H and O–H groups in total. The summed E-state index contributed by atoms with van der Waals surface area (Å²) in [6, 6.07) is 15.4. The van der Waals surface area contributed by atoms with Crippen molar-refractivity contribution in [3.63, 3.8) is 0 Å². The number of ether oxygens (including phenoxy) is 2. The summed E-state index contributed by atoms with van der Waals surface area (Å²) < 4.78 is 10.0. The van der Waals surface area contributed by atoms with Crippen LogP contribution >= 0.6 is 0 Å². The van der Waals surface area contributed by atoms with Gasteiger partial charge in [0.2, 0.25) is 0 Å². The number of benzene rings is 2. The van der Waals surface area contributed by atoms with Crippen molar-refractivity contribution in [3.8, 4) is 11.1 Å². The number of alkyl carbamates (subject to hydrolysis) is 1. The van der Waals surface area contributed by atoms with Crippen LogP contribution in [-0.4, -0.2) is 30.8 Å². The Hall–Kier alpha value is -2.82. The zero-order valence-corrected chi connectivity index (χ0v) is 16.5. The van der Waals surface area contributed by atoms with Gasteiger partial charge in [0.1, 0.15) is 11.6 Å². The first-order valence-electron chi connectivity index (χ1n) is 8.91. The SMILES string of the molecule is COC(=O)[C@H](Cc1ccc(-c2ccc(C)cc2)cc1)NC(=O)OC(C)(C)C. The number of methoxy groups -OCH3 is 1. The minimum atomic E-state index is -0.810. The van der Waals surface area contributed by atoms with Crippen LogP contribution in [-0.2, 0) is 20.7 Å². The molecule has 0 aliphatic carbocycles. The summed E-state index contributed by atoms with van der Waals surface area (Å²) in [5.41, 5.74) is 3.71. The van der Waals surface area contributed by atoms with E-state index in [1.807, 2.05) is 24.3 Å². The molecule has 144 valence electrons. The lowest BCUT2D eigenvalue weighted by Gasteiger charge is -2.22. The Balaban J connectivity index is 2.09. The average Bonchev–Trinajstić information content (AvgIpc) is 2.60. The zero-order chi connectivity index (χ0) is 20.0. The third kappa shape index (κ3) is 6.44. The van der Waals surface area contributed by atoms with Crippen molar-refractivity contribution in [2.75, 3.05) is 7.11 Å². The summed E-state index contributed by atoms with van der Waals surface area (Å²) >= 11 is 0. The lowest BCUT2D eigenvalue weighted by molar-refractivity contribution is -0.143. The smallest absolute Gasteiger partial charge is 0.408 e. The van der Waals surface area contributed by atoms with E-state index < -0.39 is 23.7 Å². The second kappa shape index (κ2) is 8.71. The Labute approximate surface area is 160 Å². The van der Waals surface area contributed by atoms with E-state index in [4.69, 9.17) is 9.47 Å². The van der Waals surface area contributed by atoms with E-state index in [0.717, 1.165) is 16.7 Å². The fourth-order valence-electron chi connectivity index (χ4n) is 2.60. The third-order valence-corrected chi connectivity index (χ3v) is 3.96. The Morgan fingerprint density at radius 3 is 1.96 bits per heavy atom. The highest BCUT2D eigenvalue weighted by Crippen LogP contribution is 2.21. The van der Waals surface area contributed by atoms with E-state index >= 15 is 0 Å². The molecule has 0 saturated carbocycles. The fourth-order valence-corrected chi connectivity index (χ4v) is 2.60. The first-order valence-corrected chi connectivity index (χ1v) is 8.91. The summed E-state index contributed by atoms with van der Waals surface area (Å²) in [6.45, 7) is 7.36. The molecule has 0 saturated heterocycles. The fraction of sp³-hybridized carbons (Fsp3) is 0.364. The van der Waals surface area contributed by atoms with Gasteiger partial charge in [0, 0.05) is 6.42 Å². The van der Waals surface area contributed by atoms with Crippen molar-refractivity contribution in [2.45, 2.75) is 45.8 Å². The Morgan fingerprint density at radius 2 is 1.48 bits per heavy atom. The highest BCUT2D eigenvalue weighted by atomic mass is 16.6. The standard InChI is InChI=1S/C22H27NO4/c1-15-6-10-17(11-7-15)18-12-8-16(9-13-18)14-19(20(24)26-5)23-21(25)27-22(2,3)4/h6-13,19H,14H2,1-5H3,(H,23,25)/t19-/m0/s1. The quantitative estimate of drug-likeness (QED) is 0.800. The van der Waals surface area contributed by atoms with Gasteiger partial charge in [-0.05, 0) is 44.4 Å². The molecule has 5 nitrogen and oxygen atoms in total. The molecule has 2 aromatic rings. The molecule has 0 radical (unpaired) electrons. The Bertz CT molecular complexity index is 773. The molecule has 0 bridgehead atoms. The number of aryl methyl sites for hydroxylation is 1. The molecule has 2 rings (SSSR count).